The molecule has 0 bridgehead atoms. The zero-order valence-electron chi connectivity index (χ0n) is 19.4. The van der Waals surface area contributed by atoms with Gasteiger partial charge < -0.3 is 44.9 Å². The van der Waals surface area contributed by atoms with E-state index in [0.717, 1.165) is 25.7 Å². The van der Waals surface area contributed by atoms with Gasteiger partial charge in [0.1, 0.15) is 30.2 Å². The van der Waals surface area contributed by atoms with Crippen molar-refractivity contribution in [2.45, 2.75) is 87.9 Å². The van der Waals surface area contributed by atoms with Gasteiger partial charge in [0.2, 0.25) is 0 Å². The Kier molecular flexibility index (Phi) is 7.44. The van der Waals surface area contributed by atoms with Crippen molar-refractivity contribution < 1.29 is 74.5 Å². The number of carbonyl (C=O) groups excluding carboxylic acids is 1. The van der Waals surface area contributed by atoms with Crippen LogP contribution < -0.4 is 34.7 Å². The fourth-order valence-electron chi connectivity index (χ4n) is 7.08. The number of aliphatic hydroxyl groups excluding tert-OH is 4. The molecule has 0 spiro atoms. The summed E-state index contributed by atoms with van der Waals surface area (Å²) in [5.41, 5.74) is 1.99. The van der Waals surface area contributed by atoms with E-state index >= 15 is 0 Å². The number of carbonyl (C=O) groups is 1. The van der Waals surface area contributed by atoms with E-state index in [1.54, 1.807) is 6.07 Å². The molecule has 5 N–H and O–H groups in total. The number of benzene rings is 1. The summed E-state index contributed by atoms with van der Waals surface area (Å²) in [6, 6.07) is 5.56. The summed E-state index contributed by atoms with van der Waals surface area (Å²) in [4.78, 5) is 11.3. The first-order valence-corrected chi connectivity index (χ1v) is 11.7. The van der Waals surface area contributed by atoms with Crippen LogP contribution in [-0.2, 0) is 20.7 Å². The van der Waals surface area contributed by atoms with Crippen LogP contribution >= 0.6 is 0 Å². The summed E-state index contributed by atoms with van der Waals surface area (Å²) in [5, 5.41) is 62.5. The predicted octanol–water partition coefficient (Wildman–Crippen LogP) is -3.83. The average Bonchev–Trinajstić information content (AvgIpc) is 3.03. The number of phenolic OH excluding ortho intramolecular Hbond substituents is 1. The number of phenols is 1. The van der Waals surface area contributed by atoms with E-state index in [9.17, 15) is 35.4 Å². The molecular weight excluding hydrogens is 455 g/mol. The molecular formula is C24H31NaO9. The van der Waals surface area contributed by atoms with E-state index in [-0.39, 0.29) is 41.2 Å². The first-order chi connectivity index (χ1) is 15.6. The SMILES string of the molecule is C[C@]12CC[C@@H]3c4ccc(O)cc4CC[C@H]3[C@@H]1C[C@@H](O)[C@@H]2O[C@@H]1O[C@H](C(=O)[O-])[C@@H](O)[C@H](O)[C@H]1O.[Na+]. The smallest absolute Gasteiger partial charge is 0.547 e. The number of aliphatic carboxylic acids is 1. The van der Waals surface area contributed by atoms with Gasteiger partial charge in [-0.05, 0) is 78.5 Å². The Bertz CT molecular complexity index is 928. The molecule has 0 amide bonds. The first-order valence-electron chi connectivity index (χ1n) is 11.7. The molecule has 10 heteroatoms. The first kappa shape index (κ1) is 26.3. The van der Waals surface area contributed by atoms with E-state index in [0.29, 0.717) is 18.3 Å². The molecule has 3 fully saturated rings. The van der Waals surface area contributed by atoms with Crippen molar-refractivity contribution in [1.29, 1.82) is 0 Å². The average molecular weight is 486 g/mol. The van der Waals surface area contributed by atoms with Gasteiger partial charge in [0.05, 0.1) is 18.2 Å². The number of fused-ring (bicyclic) bond motifs is 5. The van der Waals surface area contributed by atoms with Crippen molar-refractivity contribution in [3.05, 3.63) is 29.3 Å². The van der Waals surface area contributed by atoms with Gasteiger partial charge in [-0.1, -0.05) is 13.0 Å². The molecule has 1 aliphatic heterocycles. The molecule has 0 aromatic heterocycles. The number of carboxylic acids is 1. The van der Waals surface area contributed by atoms with Crippen molar-refractivity contribution >= 4 is 5.97 Å². The minimum Gasteiger partial charge on any atom is -0.547 e. The second kappa shape index (κ2) is 9.61. The van der Waals surface area contributed by atoms with E-state index in [1.165, 1.54) is 11.1 Å². The number of ether oxygens (including phenoxy) is 2. The minimum atomic E-state index is -1.85. The Morgan fingerprint density at radius 1 is 1.15 bits per heavy atom. The topological polar surface area (TPSA) is 160 Å². The molecule has 3 aliphatic carbocycles. The van der Waals surface area contributed by atoms with Gasteiger partial charge >= 0.3 is 29.6 Å². The van der Waals surface area contributed by atoms with Gasteiger partial charge in [0.25, 0.3) is 0 Å². The van der Waals surface area contributed by atoms with Crippen LogP contribution in [0.4, 0.5) is 0 Å². The fraction of sp³-hybridized carbons (Fsp3) is 0.708. The van der Waals surface area contributed by atoms with Crippen molar-refractivity contribution in [2.75, 3.05) is 0 Å². The Labute approximate surface area is 220 Å². The molecule has 1 heterocycles. The summed E-state index contributed by atoms with van der Waals surface area (Å²) in [6.07, 6.45) is -6.33. The van der Waals surface area contributed by atoms with Crippen LogP contribution in [-0.4, -0.2) is 74.4 Å². The predicted molar refractivity (Wildman–Crippen MR) is 111 cm³/mol. The molecule has 9 nitrogen and oxygen atoms in total. The zero-order valence-corrected chi connectivity index (χ0v) is 21.4. The van der Waals surface area contributed by atoms with Gasteiger partial charge in [-0.2, -0.15) is 0 Å². The van der Waals surface area contributed by atoms with Crippen LogP contribution in [0, 0.1) is 17.3 Å². The van der Waals surface area contributed by atoms with Crippen LogP contribution in [0.5, 0.6) is 5.75 Å². The Hall–Kier alpha value is -0.750. The summed E-state index contributed by atoms with van der Waals surface area (Å²) in [6.45, 7) is 2.05. The van der Waals surface area contributed by atoms with Gasteiger partial charge in [-0.15, -0.1) is 0 Å². The summed E-state index contributed by atoms with van der Waals surface area (Å²) >= 11 is 0. The van der Waals surface area contributed by atoms with Crippen LogP contribution in [0.3, 0.4) is 0 Å². The maximum absolute atomic E-state index is 11.3. The van der Waals surface area contributed by atoms with Gasteiger partial charge in [0, 0.05) is 0 Å². The van der Waals surface area contributed by atoms with Crippen LogP contribution in [0.25, 0.3) is 0 Å². The third-order valence-electron chi connectivity index (χ3n) is 8.73. The van der Waals surface area contributed by atoms with Crippen LogP contribution in [0.15, 0.2) is 18.2 Å². The molecule has 5 rings (SSSR count). The number of aliphatic hydroxyl groups is 4. The minimum absolute atomic E-state index is 0. The molecule has 4 aliphatic rings. The molecule has 1 aromatic carbocycles. The second-order valence-corrected chi connectivity index (χ2v) is 10.4. The van der Waals surface area contributed by atoms with Crippen LogP contribution in [0.1, 0.15) is 49.7 Å². The number of rotatable bonds is 3. The Balaban J connectivity index is 0.00000274. The largest absolute Gasteiger partial charge is 1.00 e. The Morgan fingerprint density at radius 2 is 1.88 bits per heavy atom. The monoisotopic (exact) mass is 486 g/mol. The zero-order chi connectivity index (χ0) is 23.7. The number of aromatic hydroxyl groups is 1. The third-order valence-corrected chi connectivity index (χ3v) is 8.73. The molecule has 1 saturated heterocycles. The van der Waals surface area contributed by atoms with E-state index in [1.807, 2.05) is 12.1 Å². The molecule has 34 heavy (non-hydrogen) atoms. The standard InChI is InChI=1S/C24H32O9.Na/c1-24-7-6-13-12-5-3-11(25)8-10(12)2-4-14(13)15(24)9-16(26)21(24)33-23-19(29)17(27)18(28)20(32-23)22(30)31;/h3,5,8,13-21,23,25-29H,2,4,6-7,9H2,1H3,(H,30,31);/q;+1/p-1/t13-,14-,15+,16-,17+,18+,19-,20+,21+,23+,24+;/m1./s1. The van der Waals surface area contributed by atoms with Crippen LogP contribution in [0.2, 0.25) is 0 Å². The van der Waals surface area contributed by atoms with Gasteiger partial charge in [-0.25, -0.2) is 0 Å². The molecule has 2 saturated carbocycles. The maximum atomic E-state index is 11.3. The molecule has 0 radical (unpaired) electrons. The molecule has 11 atom stereocenters. The second-order valence-electron chi connectivity index (χ2n) is 10.4. The molecule has 182 valence electrons. The van der Waals surface area contributed by atoms with Crippen molar-refractivity contribution in [2.24, 2.45) is 17.3 Å². The number of hydrogen-bond acceptors (Lipinski definition) is 9. The van der Waals surface area contributed by atoms with Crippen molar-refractivity contribution in [3.63, 3.8) is 0 Å². The van der Waals surface area contributed by atoms with Gasteiger partial charge in [-0.3, -0.25) is 0 Å². The quantitative estimate of drug-likeness (QED) is 0.270. The van der Waals surface area contributed by atoms with Gasteiger partial charge in [0.15, 0.2) is 6.29 Å². The fourth-order valence-corrected chi connectivity index (χ4v) is 7.08. The van der Waals surface area contributed by atoms with Crippen molar-refractivity contribution in [3.8, 4) is 5.75 Å². The number of hydrogen-bond donors (Lipinski definition) is 5. The number of aryl methyl sites for hydroxylation is 1. The summed E-state index contributed by atoms with van der Waals surface area (Å²) in [5.74, 6) is -0.651. The van der Waals surface area contributed by atoms with E-state index in [4.69, 9.17) is 9.47 Å². The molecule has 1 aromatic rings. The molecule has 0 unspecified atom stereocenters. The Morgan fingerprint density at radius 3 is 2.59 bits per heavy atom. The van der Waals surface area contributed by atoms with Crippen molar-refractivity contribution in [1.82, 2.24) is 0 Å². The summed E-state index contributed by atoms with van der Waals surface area (Å²) < 4.78 is 11.3. The third kappa shape index (κ3) is 4.13. The van der Waals surface area contributed by atoms with E-state index < -0.39 is 54.3 Å². The maximum Gasteiger partial charge on any atom is 1.00 e. The summed E-state index contributed by atoms with van der Waals surface area (Å²) in [7, 11) is 0. The number of carboxylic acid groups (broad SMARTS) is 1. The normalized spacial score (nSPS) is 45.4. The van der Waals surface area contributed by atoms with E-state index in [2.05, 4.69) is 6.92 Å².